The number of nitrogens with one attached hydrogen (secondary N) is 2. The summed E-state index contributed by atoms with van der Waals surface area (Å²) < 4.78 is 5.44. The van der Waals surface area contributed by atoms with Gasteiger partial charge in [-0.1, -0.05) is 6.92 Å². The van der Waals surface area contributed by atoms with E-state index in [4.69, 9.17) is 4.74 Å². The van der Waals surface area contributed by atoms with Crippen molar-refractivity contribution >= 4 is 17.6 Å². The van der Waals surface area contributed by atoms with Crippen molar-refractivity contribution in [3.05, 3.63) is 24.3 Å². The number of urea groups is 1. The Morgan fingerprint density at radius 1 is 1.26 bits per heavy atom. The molecule has 2 aliphatic heterocycles. The van der Waals surface area contributed by atoms with Crippen molar-refractivity contribution in [2.75, 3.05) is 37.7 Å². The number of ether oxygens (including phenoxy) is 1. The van der Waals surface area contributed by atoms with Gasteiger partial charge in [0, 0.05) is 31.2 Å². The summed E-state index contributed by atoms with van der Waals surface area (Å²) in [4.78, 5) is 28.7. The predicted molar refractivity (Wildman–Crippen MR) is 105 cm³/mol. The van der Waals surface area contributed by atoms with E-state index in [0.717, 1.165) is 30.9 Å². The highest BCUT2D eigenvalue weighted by Crippen LogP contribution is 2.24. The number of carbonyl (C=O) groups excluding carboxylic acids is 2. The summed E-state index contributed by atoms with van der Waals surface area (Å²) in [6.07, 6.45) is 2.64. The van der Waals surface area contributed by atoms with Gasteiger partial charge in [-0.2, -0.15) is 0 Å². The molecule has 1 aromatic carbocycles. The number of nitrogens with zero attached hydrogens (tertiary/aromatic N) is 2. The summed E-state index contributed by atoms with van der Waals surface area (Å²) in [7, 11) is 0. The van der Waals surface area contributed by atoms with Gasteiger partial charge in [0.1, 0.15) is 5.75 Å². The van der Waals surface area contributed by atoms with E-state index in [1.54, 1.807) is 4.90 Å². The first kappa shape index (κ1) is 19.5. The lowest BCUT2D eigenvalue weighted by Gasteiger charge is -2.23. The Hall–Kier alpha value is -2.28. The Bertz CT molecular complexity index is 649. The Morgan fingerprint density at radius 3 is 2.74 bits per heavy atom. The lowest BCUT2D eigenvalue weighted by atomic mass is 10.2. The van der Waals surface area contributed by atoms with Gasteiger partial charge in [-0.15, -0.1) is 0 Å². The van der Waals surface area contributed by atoms with Crippen LogP contribution in [-0.2, 0) is 4.79 Å². The molecule has 148 valence electrons. The Morgan fingerprint density at radius 2 is 2.04 bits per heavy atom. The number of benzene rings is 1. The fraction of sp³-hybridized carbons (Fsp3) is 0.600. The highest BCUT2D eigenvalue weighted by atomic mass is 16.5. The van der Waals surface area contributed by atoms with E-state index in [1.165, 1.54) is 6.42 Å². The van der Waals surface area contributed by atoms with Gasteiger partial charge in [0.05, 0.1) is 12.6 Å². The molecule has 7 nitrogen and oxygen atoms in total. The first-order chi connectivity index (χ1) is 13.1. The van der Waals surface area contributed by atoms with Crippen molar-refractivity contribution in [3.63, 3.8) is 0 Å². The first-order valence-corrected chi connectivity index (χ1v) is 9.92. The summed E-state index contributed by atoms with van der Waals surface area (Å²) in [6, 6.07) is 7.54. The molecule has 0 spiro atoms. The fourth-order valence-electron chi connectivity index (χ4n) is 3.93. The van der Waals surface area contributed by atoms with Crippen LogP contribution in [0.2, 0.25) is 0 Å². The smallest absolute Gasteiger partial charge is 0.315 e. The number of rotatable bonds is 7. The molecule has 0 unspecified atom stereocenters. The predicted octanol–water partition coefficient (Wildman–Crippen LogP) is 1.97. The van der Waals surface area contributed by atoms with Crippen LogP contribution in [0.25, 0.3) is 0 Å². The topological polar surface area (TPSA) is 73.9 Å². The highest BCUT2D eigenvalue weighted by Gasteiger charge is 2.32. The maximum atomic E-state index is 12.3. The highest BCUT2D eigenvalue weighted by molar-refractivity contribution is 5.96. The summed E-state index contributed by atoms with van der Waals surface area (Å²) in [5.74, 6) is 0.812. The molecule has 7 heteroatoms. The fourth-order valence-corrected chi connectivity index (χ4v) is 3.93. The second-order valence-corrected chi connectivity index (χ2v) is 7.11. The van der Waals surface area contributed by atoms with Crippen molar-refractivity contribution < 1.29 is 14.3 Å². The molecule has 0 aromatic heterocycles. The van der Waals surface area contributed by atoms with Crippen molar-refractivity contribution in [1.29, 1.82) is 0 Å². The van der Waals surface area contributed by atoms with Crippen LogP contribution in [0.5, 0.6) is 5.75 Å². The van der Waals surface area contributed by atoms with Crippen molar-refractivity contribution in [1.82, 2.24) is 15.5 Å². The number of carbonyl (C=O) groups is 2. The zero-order valence-electron chi connectivity index (χ0n) is 16.2. The van der Waals surface area contributed by atoms with Gasteiger partial charge in [0.15, 0.2) is 0 Å². The molecule has 2 N–H and O–H groups in total. The van der Waals surface area contributed by atoms with E-state index in [0.29, 0.717) is 32.2 Å². The van der Waals surface area contributed by atoms with Crippen molar-refractivity contribution in [2.24, 2.45) is 0 Å². The Labute approximate surface area is 161 Å². The van der Waals surface area contributed by atoms with E-state index in [1.807, 2.05) is 31.2 Å². The van der Waals surface area contributed by atoms with E-state index in [2.05, 4.69) is 22.5 Å². The lowest BCUT2D eigenvalue weighted by Crippen LogP contribution is -2.47. The molecule has 2 fully saturated rings. The van der Waals surface area contributed by atoms with E-state index >= 15 is 0 Å². The molecule has 2 atom stereocenters. The minimum absolute atomic E-state index is 0.0254. The molecule has 2 heterocycles. The quantitative estimate of drug-likeness (QED) is 0.765. The zero-order valence-corrected chi connectivity index (χ0v) is 16.2. The minimum atomic E-state index is -0.190. The van der Waals surface area contributed by atoms with E-state index < -0.39 is 0 Å². The van der Waals surface area contributed by atoms with Gasteiger partial charge in [-0.25, -0.2) is 4.79 Å². The average molecular weight is 374 g/mol. The molecule has 0 saturated carbocycles. The molecule has 1 aromatic rings. The molecule has 0 bridgehead atoms. The summed E-state index contributed by atoms with van der Waals surface area (Å²) in [6.45, 7) is 7.97. The van der Waals surface area contributed by atoms with Crippen LogP contribution in [0, 0.1) is 0 Å². The maximum absolute atomic E-state index is 12.3. The third-order valence-electron chi connectivity index (χ3n) is 5.32. The van der Waals surface area contributed by atoms with Gasteiger partial charge in [-0.3, -0.25) is 9.69 Å². The molecule has 3 amide bonds. The van der Waals surface area contributed by atoms with E-state index in [9.17, 15) is 9.59 Å². The van der Waals surface area contributed by atoms with Gasteiger partial charge < -0.3 is 20.3 Å². The second-order valence-electron chi connectivity index (χ2n) is 7.11. The van der Waals surface area contributed by atoms with Crippen molar-refractivity contribution in [3.8, 4) is 5.75 Å². The molecule has 2 aliphatic rings. The molecule has 2 saturated heterocycles. The lowest BCUT2D eigenvalue weighted by molar-refractivity contribution is -0.117. The number of likely N-dealkylation sites (tertiary alicyclic amines) is 1. The van der Waals surface area contributed by atoms with Gasteiger partial charge >= 0.3 is 6.03 Å². The Kier molecular flexibility index (Phi) is 6.55. The third-order valence-corrected chi connectivity index (χ3v) is 5.32. The zero-order chi connectivity index (χ0) is 19.2. The first-order valence-electron chi connectivity index (χ1n) is 9.92. The van der Waals surface area contributed by atoms with Gasteiger partial charge in [0.25, 0.3) is 0 Å². The second kappa shape index (κ2) is 9.08. The normalized spacial score (nSPS) is 22.9. The molecular weight excluding hydrogens is 344 g/mol. The maximum Gasteiger partial charge on any atom is 0.315 e. The SMILES string of the molecule is CCOc1ccc(N2C[C@H](NC(=O)NC[C@H]3CCCN3CC)CC2=O)cc1. The van der Waals surface area contributed by atoms with Crippen LogP contribution in [0.3, 0.4) is 0 Å². The molecule has 0 aliphatic carbocycles. The minimum Gasteiger partial charge on any atom is -0.494 e. The number of hydrogen-bond donors (Lipinski definition) is 2. The van der Waals surface area contributed by atoms with E-state index in [-0.39, 0.29) is 18.0 Å². The van der Waals surface area contributed by atoms with Gasteiger partial charge in [0.2, 0.25) is 5.91 Å². The Balaban J connectivity index is 1.47. The number of hydrogen-bond acceptors (Lipinski definition) is 4. The number of anilines is 1. The number of amides is 3. The van der Waals surface area contributed by atoms with Crippen LogP contribution in [0.1, 0.15) is 33.1 Å². The van der Waals surface area contributed by atoms with Crippen LogP contribution in [0.15, 0.2) is 24.3 Å². The molecule has 3 rings (SSSR count). The van der Waals surface area contributed by atoms with Gasteiger partial charge in [-0.05, 0) is 57.1 Å². The molecular formula is C20H30N4O3. The van der Waals surface area contributed by atoms with Crippen LogP contribution in [0.4, 0.5) is 10.5 Å². The summed E-state index contributed by atoms with van der Waals surface area (Å²) >= 11 is 0. The van der Waals surface area contributed by atoms with Crippen molar-refractivity contribution in [2.45, 2.75) is 45.2 Å². The van der Waals surface area contributed by atoms with Crippen LogP contribution >= 0.6 is 0 Å². The van der Waals surface area contributed by atoms with Crippen LogP contribution in [-0.4, -0.2) is 61.7 Å². The number of likely N-dealkylation sites (N-methyl/N-ethyl adjacent to an activating group) is 1. The largest absolute Gasteiger partial charge is 0.494 e. The summed E-state index contributed by atoms with van der Waals surface area (Å²) in [5.41, 5.74) is 0.831. The van der Waals surface area contributed by atoms with Crippen LogP contribution < -0.4 is 20.3 Å². The monoisotopic (exact) mass is 374 g/mol. The molecule has 27 heavy (non-hydrogen) atoms. The third kappa shape index (κ3) is 4.91. The summed E-state index contributed by atoms with van der Waals surface area (Å²) in [5, 5.41) is 5.91. The average Bonchev–Trinajstić information content (AvgIpc) is 3.27. The molecule has 0 radical (unpaired) electrons. The standard InChI is InChI=1S/C20H30N4O3/c1-3-23-11-5-6-17(23)13-21-20(26)22-15-12-19(25)24(14-15)16-7-9-18(10-8-16)27-4-2/h7-10,15,17H,3-6,11-14H2,1-2H3,(H2,21,22,26)/t15-,17-/m1/s1.